The van der Waals surface area contributed by atoms with Gasteiger partial charge in [0.05, 0.1) is 5.69 Å². The Morgan fingerprint density at radius 1 is 1.27 bits per heavy atom. The van der Waals surface area contributed by atoms with Crippen molar-refractivity contribution in [3.8, 4) is 0 Å². The van der Waals surface area contributed by atoms with Crippen molar-refractivity contribution in [2.75, 3.05) is 0 Å². The van der Waals surface area contributed by atoms with Crippen molar-refractivity contribution < 1.29 is 0 Å². The van der Waals surface area contributed by atoms with Gasteiger partial charge in [-0.2, -0.15) is 0 Å². The number of pyridine rings is 1. The molecule has 0 saturated heterocycles. The van der Waals surface area contributed by atoms with E-state index in [0.29, 0.717) is 5.92 Å². The van der Waals surface area contributed by atoms with Gasteiger partial charge in [-0.15, -0.1) is 0 Å². The maximum atomic E-state index is 6.26. The van der Waals surface area contributed by atoms with E-state index in [1.54, 1.807) is 0 Å². The van der Waals surface area contributed by atoms with Gasteiger partial charge in [0.2, 0.25) is 0 Å². The fourth-order valence-electron chi connectivity index (χ4n) is 2.34. The second-order valence-electron chi connectivity index (χ2n) is 4.31. The van der Waals surface area contributed by atoms with Gasteiger partial charge in [0.1, 0.15) is 4.60 Å². The number of nitrogens with zero attached hydrogens (tertiary/aromatic N) is 1. The van der Waals surface area contributed by atoms with E-state index in [9.17, 15) is 0 Å². The van der Waals surface area contributed by atoms with E-state index in [1.165, 1.54) is 32.1 Å². The van der Waals surface area contributed by atoms with Crippen LogP contribution in [-0.2, 0) is 0 Å². The summed E-state index contributed by atoms with van der Waals surface area (Å²) >= 11 is 3.39. The molecule has 82 valence electrons. The Hall–Kier alpha value is -0.410. The van der Waals surface area contributed by atoms with Crippen molar-refractivity contribution in [3.63, 3.8) is 0 Å². The average molecular weight is 269 g/mol. The monoisotopic (exact) mass is 268 g/mol. The summed E-state index contributed by atoms with van der Waals surface area (Å²) in [5.74, 6) is 0.626. The molecule has 1 fully saturated rings. The Morgan fingerprint density at radius 3 is 2.67 bits per heavy atom. The summed E-state index contributed by atoms with van der Waals surface area (Å²) < 4.78 is 0.881. The molecule has 1 aromatic rings. The van der Waals surface area contributed by atoms with Crippen LogP contribution in [0.3, 0.4) is 0 Å². The SMILES string of the molecule is N[C@H](c1cccc(Br)n1)C1CCCCC1. The molecule has 1 atom stereocenters. The first-order valence-corrected chi connectivity index (χ1v) is 6.45. The highest BCUT2D eigenvalue weighted by Crippen LogP contribution is 2.32. The lowest BCUT2D eigenvalue weighted by Crippen LogP contribution is -2.24. The van der Waals surface area contributed by atoms with Crippen LogP contribution in [0.1, 0.15) is 43.8 Å². The van der Waals surface area contributed by atoms with Crippen LogP contribution in [0.4, 0.5) is 0 Å². The molecule has 1 aliphatic carbocycles. The van der Waals surface area contributed by atoms with Gasteiger partial charge in [-0.1, -0.05) is 25.3 Å². The maximum Gasteiger partial charge on any atom is 0.106 e. The number of halogens is 1. The molecular formula is C12H17BrN2. The van der Waals surface area contributed by atoms with E-state index in [0.717, 1.165) is 10.3 Å². The molecule has 0 spiro atoms. The van der Waals surface area contributed by atoms with Crippen molar-refractivity contribution >= 4 is 15.9 Å². The number of rotatable bonds is 2. The van der Waals surface area contributed by atoms with Crippen LogP contribution in [-0.4, -0.2) is 4.98 Å². The largest absolute Gasteiger partial charge is 0.322 e. The number of hydrogen-bond acceptors (Lipinski definition) is 2. The van der Waals surface area contributed by atoms with Crippen molar-refractivity contribution in [1.82, 2.24) is 4.98 Å². The third kappa shape index (κ3) is 2.79. The van der Waals surface area contributed by atoms with Gasteiger partial charge in [0.15, 0.2) is 0 Å². The predicted octanol–water partition coefficient (Wildman–Crippen LogP) is 3.42. The highest BCUT2D eigenvalue weighted by atomic mass is 79.9. The van der Waals surface area contributed by atoms with Gasteiger partial charge in [0, 0.05) is 6.04 Å². The fourth-order valence-corrected chi connectivity index (χ4v) is 2.70. The van der Waals surface area contributed by atoms with E-state index < -0.39 is 0 Å². The normalized spacial score (nSPS) is 20.1. The molecule has 0 bridgehead atoms. The molecule has 15 heavy (non-hydrogen) atoms. The van der Waals surface area contributed by atoms with Crippen molar-refractivity contribution in [2.24, 2.45) is 11.7 Å². The molecule has 1 heterocycles. The van der Waals surface area contributed by atoms with Gasteiger partial charge in [0.25, 0.3) is 0 Å². The van der Waals surface area contributed by atoms with Crippen LogP contribution in [0.15, 0.2) is 22.8 Å². The third-order valence-corrected chi connectivity index (χ3v) is 3.68. The van der Waals surface area contributed by atoms with Gasteiger partial charge < -0.3 is 5.73 Å². The van der Waals surface area contributed by atoms with Crippen molar-refractivity contribution in [2.45, 2.75) is 38.1 Å². The highest BCUT2D eigenvalue weighted by Gasteiger charge is 2.22. The summed E-state index contributed by atoms with van der Waals surface area (Å²) in [7, 11) is 0. The lowest BCUT2D eigenvalue weighted by Gasteiger charge is -2.27. The Morgan fingerprint density at radius 2 is 2.00 bits per heavy atom. The topological polar surface area (TPSA) is 38.9 Å². The Kier molecular flexibility index (Phi) is 3.76. The Bertz CT molecular complexity index is 321. The van der Waals surface area contributed by atoms with E-state index >= 15 is 0 Å². The molecule has 0 aliphatic heterocycles. The molecule has 0 unspecified atom stereocenters. The molecule has 1 aromatic heterocycles. The summed E-state index contributed by atoms with van der Waals surface area (Å²) in [5, 5.41) is 0. The molecule has 2 nitrogen and oxygen atoms in total. The van der Waals surface area contributed by atoms with Gasteiger partial charge >= 0.3 is 0 Å². The zero-order chi connectivity index (χ0) is 10.7. The van der Waals surface area contributed by atoms with Crippen LogP contribution >= 0.6 is 15.9 Å². The fraction of sp³-hybridized carbons (Fsp3) is 0.583. The van der Waals surface area contributed by atoms with Crippen molar-refractivity contribution in [1.29, 1.82) is 0 Å². The first-order chi connectivity index (χ1) is 7.27. The average Bonchev–Trinajstić information content (AvgIpc) is 2.29. The maximum absolute atomic E-state index is 6.26. The van der Waals surface area contributed by atoms with Gasteiger partial charge in [-0.25, -0.2) is 4.98 Å². The van der Waals surface area contributed by atoms with E-state index in [-0.39, 0.29) is 6.04 Å². The Balaban J connectivity index is 2.08. The van der Waals surface area contributed by atoms with Crippen molar-refractivity contribution in [3.05, 3.63) is 28.5 Å². The molecule has 1 aliphatic rings. The van der Waals surface area contributed by atoms with Gasteiger partial charge in [-0.05, 0) is 46.8 Å². The number of hydrogen-bond donors (Lipinski definition) is 1. The van der Waals surface area contributed by atoms with E-state index in [4.69, 9.17) is 5.73 Å². The predicted molar refractivity (Wildman–Crippen MR) is 65.4 cm³/mol. The quantitative estimate of drug-likeness (QED) is 0.835. The zero-order valence-corrected chi connectivity index (χ0v) is 10.4. The van der Waals surface area contributed by atoms with E-state index in [2.05, 4.69) is 20.9 Å². The summed E-state index contributed by atoms with van der Waals surface area (Å²) in [6.07, 6.45) is 6.54. The molecule has 0 amide bonds. The van der Waals surface area contributed by atoms with Gasteiger partial charge in [-0.3, -0.25) is 0 Å². The second-order valence-corrected chi connectivity index (χ2v) is 5.12. The Labute approximate surface area is 99.4 Å². The minimum Gasteiger partial charge on any atom is -0.322 e. The zero-order valence-electron chi connectivity index (χ0n) is 8.82. The minimum atomic E-state index is 0.114. The molecule has 0 aromatic carbocycles. The summed E-state index contributed by atoms with van der Waals surface area (Å²) in [6, 6.07) is 6.10. The first kappa shape index (κ1) is 11.1. The summed E-state index contributed by atoms with van der Waals surface area (Å²) in [4.78, 5) is 4.44. The van der Waals surface area contributed by atoms with E-state index in [1.807, 2.05) is 18.2 Å². The van der Waals surface area contributed by atoms with Crippen LogP contribution in [0.25, 0.3) is 0 Å². The molecule has 2 N–H and O–H groups in total. The summed E-state index contributed by atoms with van der Waals surface area (Å²) in [6.45, 7) is 0. The first-order valence-electron chi connectivity index (χ1n) is 5.65. The van der Waals surface area contributed by atoms with Crippen LogP contribution in [0.2, 0.25) is 0 Å². The number of aromatic nitrogens is 1. The summed E-state index contributed by atoms with van der Waals surface area (Å²) in [5.41, 5.74) is 7.28. The molecule has 1 saturated carbocycles. The lowest BCUT2D eigenvalue weighted by atomic mass is 9.83. The van der Waals surface area contributed by atoms with Crippen LogP contribution in [0.5, 0.6) is 0 Å². The molecule has 2 rings (SSSR count). The molecular weight excluding hydrogens is 252 g/mol. The standard InChI is InChI=1S/C12H17BrN2/c13-11-8-4-7-10(15-11)12(14)9-5-2-1-3-6-9/h4,7-9,12H,1-3,5-6,14H2/t12-/m0/s1. The smallest absolute Gasteiger partial charge is 0.106 e. The molecule has 0 radical (unpaired) electrons. The minimum absolute atomic E-state index is 0.114. The molecule has 3 heteroatoms. The van der Waals surface area contributed by atoms with Crippen LogP contribution in [0, 0.1) is 5.92 Å². The third-order valence-electron chi connectivity index (χ3n) is 3.24. The van der Waals surface area contributed by atoms with Crippen LogP contribution < -0.4 is 5.73 Å². The lowest BCUT2D eigenvalue weighted by molar-refractivity contribution is 0.304. The highest BCUT2D eigenvalue weighted by molar-refractivity contribution is 9.10. The number of nitrogens with two attached hydrogens (primary N) is 1. The second kappa shape index (κ2) is 5.08.